The summed E-state index contributed by atoms with van der Waals surface area (Å²) in [4.78, 5) is 16.2. The number of aromatic nitrogens is 1. The molecular weight excluding hydrogens is 281 g/mol. The molecule has 106 valence electrons. The molecule has 0 atom stereocenters. The zero-order chi connectivity index (χ0) is 14.0. The lowest BCUT2D eigenvalue weighted by molar-refractivity contribution is -0.146. The zero-order valence-corrected chi connectivity index (χ0v) is 11.1. The normalized spacial score (nSPS) is 17.6. The summed E-state index contributed by atoms with van der Waals surface area (Å²) in [6, 6.07) is 0. The van der Waals surface area contributed by atoms with E-state index < -0.39 is 11.1 Å². The Morgan fingerprint density at radius 2 is 2.11 bits per heavy atom. The van der Waals surface area contributed by atoms with E-state index in [9.17, 15) is 18.0 Å². The van der Waals surface area contributed by atoms with Gasteiger partial charge < -0.3 is 9.64 Å². The van der Waals surface area contributed by atoms with Crippen LogP contribution in [0.4, 0.5) is 18.3 Å². The minimum absolute atomic E-state index is 0.164. The quantitative estimate of drug-likeness (QED) is 0.786. The van der Waals surface area contributed by atoms with Crippen LogP contribution in [-0.4, -0.2) is 31.2 Å². The zero-order valence-electron chi connectivity index (χ0n) is 10.2. The van der Waals surface area contributed by atoms with Crippen molar-refractivity contribution in [3.63, 3.8) is 0 Å². The van der Waals surface area contributed by atoms with Gasteiger partial charge in [-0.25, -0.2) is 4.98 Å². The number of thiazole rings is 1. The number of halogens is 3. The smallest absolute Gasteiger partial charge is 0.427 e. The first-order valence-electron chi connectivity index (χ1n) is 5.77. The molecule has 0 aliphatic carbocycles. The van der Waals surface area contributed by atoms with Crippen LogP contribution >= 0.6 is 11.3 Å². The number of alkyl halides is 3. The Morgan fingerprint density at radius 1 is 1.47 bits per heavy atom. The van der Waals surface area contributed by atoms with E-state index in [2.05, 4.69) is 9.72 Å². The molecule has 1 aliphatic heterocycles. The van der Waals surface area contributed by atoms with Crippen molar-refractivity contribution in [1.29, 1.82) is 0 Å². The second kappa shape index (κ2) is 5.36. The van der Waals surface area contributed by atoms with Gasteiger partial charge in [0, 0.05) is 13.1 Å². The van der Waals surface area contributed by atoms with E-state index in [1.165, 1.54) is 7.11 Å². The maximum Gasteiger partial charge on any atom is 0.427 e. The van der Waals surface area contributed by atoms with Crippen molar-refractivity contribution in [2.75, 3.05) is 25.1 Å². The number of esters is 1. The fourth-order valence-electron chi connectivity index (χ4n) is 2.02. The van der Waals surface area contributed by atoms with Crippen molar-refractivity contribution in [3.8, 4) is 0 Å². The predicted octanol–water partition coefficient (Wildman–Crippen LogP) is 2.55. The van der Waals surface area contributed by atoms with E-state index in [-0.39, 0.29) is 11.9 Å². The van der Waals surface area contributed by atoms with Gasteiger partial charge in [-0.1, -0.05) is 11.3 Å². The van der Waals surface area contributed by atoms with Crippen LogP contribution in [-0.2, 0) is 15.7 Å². The van der Waals surface area contributed by atoms with Crippen molar-refractivity contribution in [2.24, 2.45) is 5.92 Å². The first kappa shape index (κ1) is 14.1. The van der Waals surface area contributed by atoms with Gasteiger partial charge in [-0.15, -0.1) is 0 Å². The minimum atomic E-state index is -4.35. The topological polar surface area (TPSA) is 42.4 Å². The van der Waals surface area contributed by atoms with E-state index in [0.29, 0.717) is 42.4 Å². The summed E-state index contributed by atoms with van der Waals surface area (Å²) in [5.74, 6) is -0.418. The minimum Gasteiger partial charge on any atom is -0.469 e. The first-order chi connectivity index (χ1) is 8.91. The molecule has 2 heterocycles. The summed E-state index contributed by atoms with van der Waals surface area (Å²) >= 11 is 0.635. The average molecular weight is 294 g/mol. The SMILES string of the molecule is COC(=O)C1CCN(c2ncc(C(F)(F)F)s2)CC1. The Hall–Kier alpha value is -1.31. The third-order valence-corrected chi connectivity index (χ3v) is 4.18. The van der Waals surface area contributed by atoms with Crippen LogP contribution in [0.5, 0.6) is 0 Å². The molecule has 0 spiro atoms. The van der Waals surface area contributed by atoms with Gasteiger partial charge in [0.2, 0.25) is 0 Å². The molecule has 0 unspecified atom stereocenters. The molecule has 2 rings (SSSR count). The number of rotatable bonds is 2. The molecule has 0 bridgehead atoms. The molecule has 0 saturated carbocycles. The summed E-state index contributed by atoms with van der Waals surface area (Å²) in [5.41, 5.74) is 0. The number of hydrogen-bond donors (Lipinski definition) is 0. The van der Waals surface area contributed by atoms with Gasteiger partial charge in [-0.2, -0.15) is 13.2 Å². The largest absolute Gasteiger partial charge is 0.469 e. The van der Waals surface area contributed by atoms with Crippen LogP contribution in [0.15, 0.2) is 6.20 Å². The third kappa shape index (κ3) is 3.17. The molecule has 1 fully saturated rings. The number of carbonyl (C=O) groups excluding carboxylic acids is 1. The summed E-state index contributed by atoms with van der Waals surface area (Å²) in [7, 11) is 1.34. The highest BCUT2D eigenvalue weighted by Gasteiger charge is 2.34. The van der Waals surface area contributed by atoms with Crippen LogP contribution in [0.1, 0.15) is 17.7 Å². The fraction of sp³-hybridized carbons (Fsp3) is 0.636. The number of anilines is 1. The lowest BCUT2D eigenvalue weighted by Gasteiger charge is -2.30. The fourth-order valence-corrected chi connectivity index (χ4v) is 2.85. The van der Waals surface area contributed by atoms with Gasteiger partial charge in [0.05, 0.1) is 19.2 Å². The van der Waals surface area contributed by atoms with Gasteiger partial charge >= 0.3 is 12.1 Å². The highest BCUT2D eigenvalue weighted by Crippen LogP contribution is 2.37. The van der Waals surface area contributed by atoms with E-state index in [0.717, 1.165) is 6.20 Å². The van der Waals surface area contributed by atoms with Gasteiger partial charge in [-0.05, 0) is 12.8 Å². The van der Waals surface area contributed by atoms with E-state index in [1.807, 2.05) is 0 Å². The van der Waals surface area contributed by atoms with E-state index >= 15 is 0 Å². The number of piperidine rings is 1. The molecule has 0 amide bonds. The number of ether oxygens (including phenoxy) is 1. The second-order valence-electron chi connectivity index (χ2n) is 4.29. The standard InChI is InChI=1S/C11H13F3N2O2S/c1-18-9(17)7-2-4-16(5-3-7)10-15-6-8(19-10)11(12,13)14/h6-7H,2-5H2,1H3. The molecule has 1 aromatic rings. The van der Waals surface area contributed by atoms with Gasteiger partial charge in [-0.3, -0.25) is 4.79 Å². The Labute approximate surface area is 112 Å². The second-order valence-corrected chi connectivity index (χ2v) is 5.30. The Kier molecular flexibility index (Phi) is 3.98. The molecule has 8 heteroatoms. The van der Waals surface area contributed by atoms with Crippen molar-refractivity contribution in [3.05, 3.63) is 11.1 Å². The lowest BCUT2D eigenvalue weighted by Crippen LogP contribution is -2.36. The van der Waals surface area contributed by atoms with Crippen molar-refractivity contribution >= 4 is 22.4 Å². The molecule has 1 saturated heterocycles. The Bertz CT molecular complexity index is 453. The number of nitrogens with zero attached hydrogens (tertiary/aromatic N) is 2. The molecule has 1 aliphatic rings. The van der Waals surface area contributed by atoms with Crippen LogP contribution in [0.25, 0.3) is 0 Å². The monoisotopic (exact) mass is 294 g/mol. The van der Waals surface area contributed by atoms with E-state index in [1.54, 1.807) is 4.90 Å². The molecule has 0 radical (unpaired) electrons. The summed E-state index contributed by atoms with van der Waals surface area (Å²) in [5, 5.41) is 0.357. The lowest BCUT2D eigenvalue weighted by atomic mass is 9.97. The van der Waals surface area contributed by atoms with Crippen LogP contribution in [0.2, 0.25) is 0 Å². The summed E-state index contributed by atoms with van der Waals surface area (Å²) < 4.78 is 42.1. The van der Waals surface area contributed by atoms with Crippen LogP contribution in [0, 0.1) is 5.92 Å². The molecular formula is C11H13F3N2O2S. The third-order valence-electron chi connectivity index (χ3n) is 3.07. The highest BCUT2D eigenvalue weighted by molar-refractivity contribution is 7.15. The molecule has 0 aromatic carbocycles. The molecule has 19 heavy (non-hydrogen) atoms. The van der Waals surface area contributed by atoms with Crippen molar-refractivity contribution in [2.45, 2.75) is 19.0 Å². The summed E-state index contributed by atoms with van der Waals surface area (Å²) in [6.45, 7) is 1.04. The number of methoxy groups -OCH3 is 1. The van der Waals surface area contributed by atoms with Crippen LogP contribution in [0.3, 0.4) is 0 Å². The number of carbonyl (C=O) groups is 1. The first-order valence-corrected chi connectivity index (χ1v) is 6.59. The summed E-state index contributed by atoms with van der Waals surface area (Å²) in [6.07, 6.45) is -2.34. The number of hydrogen-bond acceptors (Lipinski definition) is 5. The van der Waals surface area contributed by atoms with Gasteiger partial charge in [0.1, 0.15) is 4.88 Å². The molecule has 1 aromatic heterocycles. The molecule has 0 N–H and O–H groups in total. The van der Waals surface area contributed by atoms with Crippen LogP contribution < -0.4 is 4.90 Å². The van der Waals surface area contributed by atoms with Crippen molar-refractivity contribution < 1.29 is 22.7 Å². The maximum absolute atomic E-state index is 12.5. The maximum atomic E-state index is 12.5. The van der Waals surface area contributed by atoms with Crippen molar-refractivity contribution in [1.82, 2.24) is 4.98 Å². The predicted molar refractivity (Wildman–Crippen MR) is 64.1 cm³/mol. The van der Waals surface area contributed by atoms with Gasteiger partial charge in [0.25, 0.3) is 0 Å². The highest BCUT2D eigenvalue weighted by atomic mass is 32.1. The average Bonchev–Trinajstić information content (AvgIpc) is 2.87. The van der Waals surface area contributed by atoms with E-state index in [4.69, 9.17) is 0 Å². The van der Waals surface area contributed by atoms with Gasteiger partial charge in [0.15, 0.2) is 5.13 Å². The molecule has 4 nitrogen and oxygen atoms in total. The Balaban J connectivity index is 1.98. The Morgan fingerprint density at radius 3 is 2.58 bits per heavy atom.